The zero-order chi connectivity index (χ0) is 6.69. The molecule has 0 aromatic carbocycles. The van der Waals surface area contributed by atoms with Crippen LogP contribution in [0.2, 0.25) is 0 Å². The molecule has 0 radical (unpaired) electrons. The first-order valence-electron chi connectivity index (χ1n) is 3.00. The zero-order valence-electron chi connectivity index (χ0n) is 5.42. The number of carbonyl (C=O) groups is 1. The van der Waals surface area contributed by atoms with E-state index in [1.54, 1.807) is 7.11 Å². The van der Waals surface area contributed by atoms with Gasteiger partial charge >= 0.3 is 5.97 Å². The molecule has 0 aliphatic carbocycles. The van der Waals surface area contributed by atoms with Crippen molar-refractivity contribution in [3.05, 3.63) is 0 Å². The van der Waals surface area contributed by atoms with Crippen molar-refractivity contribution >= 4 is 5.97 Å². The number of rotatable bonds is 2. The normalized spacial score (nSPS) is 26.3. The lowest BCUT2D eigenvalue weighted by Gasteiger charge is -2.00. The van der Waals surface area contributed by atoms with Crippen LogP contribution in [0.5, 0.6) is 0 Å². The number of carbonyl (C=O) groups excluding carboxylic acids is 1. The third-order valence-electron chi connectivity index (χ3n) is 1.41. The van der Waals surface area contributed by atoms with E-state index >= 15 is 0 Å². The number of methoxy groups -OCH3 is 1. The molecule has 0 saturated carbocycles. The van der Waals surface area contributed by atoms with Gasteiger partial charge in [-0.05, 0) is 6.42 Å². The van der Waals surface area contributed by atoms with E-state index in [-0.39, 0.29) is 11.9 Å². The molecule has 1 rings (SSSR count). The van der Waals surface area contributed by atoms with E-state index in [9.17, 15) is 4.79 Å². The first-order chi connectivity index (χ1) is 4.34. The van der Waals surface area contributed by atoms with Gasteiger partial charge in [0.25, 0.3) is 0 Å². The van der Waals surface area contributed by atoms with Gasteiger partial charge in [-0.2, -0.15) is 0 Å². The van der Waals surface area contributed by atoms with E-state index in [1.807, 2.05) is 0 Å². The summed E-state index contributed by atoms with van der Waals surface area (Å²) in [6, 6.07) is 0. The molecular formula is C6H10O3. The van der Waals surface area contributed by atoms with Crippen molar-refractivity contribution in [3.8, 4) is 0 Å². The Balaban J connectivity index is 2.31. The van der Waals surface area contributed by atoms with E-state index in [1.165, 1.54) is 0 Å². The molecule has 52 valence electrons. The first kappa shape index (κ1) is 6.55. The molecule has 9 heavy (non-hydrogen) atoms. The number of hydrogen-bond donors (Lipinski definition) is 0. The highest BCUT2D eigenvalue weighted by Crippen LogP contribution is 2.13. The maximum atomic E-state index is 10.7. The van der Waals surface area contributed by atoms with Gasteiger partial charge < -0.3 is 9.47 Å². The molecule has 1 aliphatic rings. The van der Waals surface area contributed by atoms with Crippen LogP contribution in [-0.4, -0.2) is 26.3 Å². The van der Waals surface area contributed by atoms with Crippen molar-refractivity contribution in [1.29, 1.82) is 0 Å². The van der Waals surface area contributed by atoms with Gasteiger partial charge in [0.2, 0.25) is 0 Å². The minimum Gasteiger partial charge on any atom is -0.465 e. The summed E-state index contributed by atoms with van der Waals surface area (Å²) >= 11 is 0. The van der Waals surface area contributed by atoms with Crippen LogP contribution in [-0.2, 0) is 14.3 Å². The van der Waals surface area contributed by atoms with Gasteiger partial charge in [0, 0.05) is 7.11 Å². The summed E-state index contributed by atoms with van der Waals surface area (Å²) in [6.07, 6.45) is 0.812. The predicted octanol–water partition coefficient (Wildman–Crippen LogP) is 0.196. The molecule has 0 bridgehead atoms. The molecule has 0 aromatic rings. The van der Waals surface area contributed by atoms with Crippen molar-refractivity contribution < 1.29 is 14.3 Å². The maximum Gasteiger partial charge on any atom is 0.311 e. The third kappa shape index (κ3) is 1.42. The maximum absolute atomic E-state index is 10.7. The highest BCUT2D eigenvalue weighted by Gasteiger charge is 2.25. The van der Waals surface area contributed by atoms with E-state index in [4.69, 9.17) is 9.47 Å². The minimum atomic E-state index is -0.114. The summed E-state index contributed by atoms with van der Waals surface area (Å²) in [4.78, 5) is 10.7. The molecule has 0 N–H and O–H groups in total. The summed E-state index contributed by atoms with van der Waals surface area (Å²) in [6.45, 7) is 1.06. The van der Waals surface area contributed by atoms with Gasteiger partial charge in [-0.25, -0.2) is 0 Å². The second-order valence-electron chi connectivity index (χ2n) is 2.11. The van der Waals surface area contributed by atoms with Gasteiger partial charge in [-0.1, -0.05) is 0 Å². The van der Waals surface area contributed by atoms with Crippen molar-refractivity contribution in [3.63, 3.8) is 0 Å². The molecule has 1 atom stereocenters. The van der Waals surface area contributed by atoms with Gasteiger partial charge in [0.15, 0.2) is 0 Å². The lowest BCUT2D eigenvalue weighted by atomic mass is 10.1. The second-order valence-corrected chi connectivity index (χ2v) is 2.11. The van der Waals surface area contributed by atoms with Crippen LogP contribution >= 0.6 is 0 Å². The Hall–Kier alpha value is -0.570. The molecule has 1 heterocycles. The van der Waals surface area contributed by atoms with Crippen LogP contribution in [0.1, 0.15) is 6.42 Å². The van der Waals surface area contributed by atoms with E-state index in [2.05, 4.69) is 0 Å². The quantitative estimate of drug-likeness (QED) is 0.501. The topological polar surface area (TPSA) is 35.5 Å². The van der Waals surface area contributed by atoms with Crippen molar-refractivity contribution in [2.75, 3.05) is 20.3 Å². The van der Waals surface area contributed by atoms with Gasteiger partial charge in [0.05, 0.1) is 19.1 Å². The Bertz CT molecular complexity index is 111. The fourth-order valence-corrected chi connectivity index (χ4v) is 0.890. The van der Waals surface area contributed by atoms with E-state index in [0.717, 1.165) is 6.42 Å². The SMILES string of the molecule is COC[C@@H]1CCOC1=O. The molecule has 1 saturated heterocycles. The Kier molecular flexibility index (Phi) is 2.05. The molecule has 1 aliphatic heterocycles. The molecule has 0 aromatic heterocycles. The summed E-state index contributed by atoms with van der Waals surface area (Å²) in [7, 11) is 1.59. The molecule has 0 amide bonds. The number of cyclic esters (lactones) is 1. The lowest BCUT2D eigenvalue weighted by molar-refractivity contribution is -0.142. The largest absolute Gasteiger partial charge is 0.465 e. The van der Waals surface area contributed by atoms with Crippen LogP contribution < -0.4 is 0 Å². The standard InChI is InChI=1S/C6H10O3/c1-8-4-5-2-3-9-6(5)7/h5H,2-4H2,1H3/t5-/m0/s1. The van der Waals surface area contributed by atoms with Gasteiger partial charge in [0.1, 0.15) is 0 Å². The van der Waals surface area contributed by atoms with Crippen molar-refractivity contribution in [1.82, 2.24) is 0 Å². The first-order valence-corrected chi connectivity index (χ1v) is 3.00. The van der Waals surface area contributed by atoms with Crippen molar-refractivity contribution in [2.45, 2.75) is 6.42 Å². The predicted molar refractivity (Wildman–Crippen MR) is 30.9 cm³/mol. The molecule has 0 spiro atoms. The van der Waals surface area contributed by atoms with Crippen LogP contribution in [0, 0.1) is 5.92 Å². The monoisotopic (exact) mass is 130 g/mol. The molecule has 1 fully saturated rings. The van der Waals surface area contributed by atoms with Crippen LogP contribution in [0.4, 0.5) is 0 Å². The summed E-state index contributed by atoms with van der Waals surface area (Å²) in [5, 5.41) is 0. The molecular weight excluding hydrogens is 120 g/mol. The summed E-state index contributed by atoms with van der Waals surface area (Å²) < 4.78 is 9.49. The van der Waals surface area contributed by atoms with E-state index in [0.29, 0.717) is 13.2 Å². The van der Waals surface area contributed by atoms with Crippen LogP contribution in [0.25, 0.3) is 0 Å². The minimum absolute atomic E-state index is 0.00463. The number of hydrogen-bond acceptors (Lipinski definition) is 3. The Morgan fingerprint density at radius 2 is 2.67 bits per heavy atom. The zero-order valence-corrected chi connectivity index (χ0v) is 5.42. The Morgan fingerprint density at radius 1 is 1.89 bits per heavy atom. The van der Waals surface area contributed by atoms with Crippen LogP contribution in [0.15, 0.2) is 0 Å². The number of ether oxygens (including phenoxy) is 2. The van der Waals surface area contributed by atoms with Gasteiger partial charge in [-0.3, -0.25) is 4.79 Å². The average molecular weight is 130 g/mol. The Morgan fingerprint density at radius 3 is 3.11 bits per heavy atom. The third-order valence-corrected chi connectivity index (χ3v) is 1.41. The molecule has 3 nitrogen and oxygen atoms in total. The van der Waals surface area contributed by atoms with Gasteiger partial charge in [-0.15, -0.1) is 0 Å². The highest BCUT2D eigenvalue weighted by atomic mass is 16.5. The summed E-state index contributed by atoms with van der Waals surface area (Å²) in [5.74, 6) is -0.119. The van der Waals surface area contributed by atoms with Crippen molar-refractivity contribution in [2.24, 2.45) is 5.92 Å². The fraction of sp³-hybridized carbons (Fsp3) is 0.833. The average Bonchev–Trinajstić information content (AvgIpc) is 2.18. The lowest BCUT2D eigenvalue weighted by Crippen LogP contribution is -2.13. The Labute approximate surface area is 53.9 Å². The highest BCUT2D eigenvalue weighted by molar-refractivity contribution is 5.74. The summed E-state index contributed by atoms with van der Waals surface area (Å²) in [5.41, 5.74) is 0. The smallest absolute Gasteiger partial charge is 0.311 e. The molecule has 0 unspecified atom stereocenters. The van der Waals surface area contributed by atoms with E-state index < -0.39 is 0 Å². The van der Waals surface area contributed by atoms with Crippen LogP contribution in [0.3, 0.4) is 0 Å². The molecule has 3 heteroatoms. The second kappa shape index (κ2) is 2.82. The fourth-order valence-electron chi connectivity index (χ4n) is 0.890. The number of esters is 1.